The largest absolute Gasteiger partial charge is 0.334 e. The smallest absolute Gasteiger partial charge is 0.256 e. The molecule has 3 aromatic rings. The van der Waals surface area contributed by atoms with Crippen molar-refractivity contribution < 1.29 is 9.73 Å². The minimum absolute atomic E-state index is 0.453. The number of hydrogen-bond donors (Lipinski definition) is 2. The average Bonchev–Trinajstić information content (AvgIpc) is 3.10. The van der Waals surface area contributed by atoms with Crippen molar-refractivity contribution in [2.45, 2.75) is 18.2 Å². The number of aryl methyl sites for hydroxylation is 1. The van der Waals surface area contributed by atoms with Crippen LogP contribution in [0.15, 0.2) is 62.9 Å². The first kappa shape index (κ1) is 17.5. The fraction of sp³-hybridized carbons (Fsp3) is 0.150. The van der Waals surface area contributed by atoms with E-state index in [4.69, 9.17) is 9.73 Å². The highest BCUT2D eigenvalue weighted by Gasteiger charge is 2.22. The minimum Gasteiger partial charge on any atom is -0.334 e. The van der Waals surface area contributed by atoms with Crippen molar-refractivity contribution in [3.8, 4) is 11.4 Å². The molecule has 0 saturated heterocycles. The molecule has 0 bridgehead atoms. The van der Waals surface area contributed by atoms with Gasteiger partial charge in [-0.1, -0.05) is 47.1 Å². The van der Waals surface area contributed by atoms with Gasteiger partial charge in [-0.15, -0.1) is 11.8 Å². The van der Waals surface area contributed by atoms with Crippen molar-refractivity contribution in [3.63, 3.8) is 0 Å². The van der Waals surface area contributed by atoms with Gasteiger partial charge in [-0.2, -0.15) is 4.98 Å². The first-order chi connectivity index (χ1) is 13.3. The fourth-order valence-electron chi connectivity index (χ4n) is 3.03. The van der Waals surface area contributed by atoms with Crippen molar-refractivity contribution >= 4 is 29.4 Å². The zero-order valence-electron chi connectivity index (χ0n) is 14.7. The molecule has 1 aromatic heterocycles. The van der Waals surface area contributed by atoms with Crippen LogP contribution in [0.25, 0.3) is 22.7 Å². The molecule has 136 valence electrons. The molecule has 0 amide bonds. The van der Waals surface area contributed by atoms with Crippen LogP contribution in [0.5, 0.6) is 0 Å². The minimum atomic E-state index is 0.453. The Balaban J connectivity index is 1.82. The molecule has 0 aliphatic carbocycles. The van der Waals surface area contributed by atoms with Gasteiger partial charge in [-0.3, -0.25) is 10.7 Å². The van der Waals surface area contributed by atoms with Crippen LogP contribution in [0.1, 0.15) is 23.4 Å². The maximum Gasteiger partial charge on any atom is 0.256 e. The molecule has 4 rings (SSSR count). The lowest BCUT2D eigenvalue weighted by atomic mass is 10.0. The van der Waals surface area contributed by atoms with E-state index in [-0.39, 0.29) is 0 Å². The number of aliphatic imine (C=N–C) groups is 1. The molecule has 27 heavy (non-hydrogen) atoms. The maximum absolute atomic E-state index is 8.97. The maximum atomic E-state index is 8.97. The van der Waals surface area contributed by atoms with Crippen molar-refractivity contribution in [3.05, 3.63) is 65.5 Å². The predicted molar refractivity (Wildman–Crippen MR) is 106 cm³/mol. The Morgan fingerprint density at radius 2 is 2.11 bits per heavy atom. The Morgan fingerprint density at radius 1 is 1.22 bits per heavy atom. The second kappa shape index (κ2) is 7.77. The molecule has 2 N–H and O–H groups in total. The van der Waals surface area contributed by atoms with Gasteiger partial charge in [0.15, 0.2) is 0 Å². The summed E-state index contributed by atoms with van der Waals surface area (Å²) >= 11 is 1.76. The number of hydrogen-bond acceptors (Lipinski definition) is 6. The summed E-state index contributed by atoms with van der Waals surface area (Å²) in [6.07, 6.45) is 1.98. The van der Waals surface area contributed by atoms with E-state index >= 15 is 0 Å². The summed E-state index contributed by atoms with van der Waals surface area (Å²) in [5, 5.41) is 13.1. The van der Waals surface area contributed by atoms with Gasteiger partial charge >= 0.3 is 0 Å². The molecule has 0 unspecified atom stereocenters. The molecule has 0 radical (unpaired) electrons. The van der Waals surface area contributed by atoms with E-state index in [2.05, 4.69) is 21.2 Å². The van der Waals surface area contributed by atoms with E-state index < -0.39 is 0 Å². The second-order valence-corrected chi connectivity index (χ2v) is 7.24. The van der Waals surface area contributed by atoms with Gasteiger partial charge in [0, 0.05) is 27.3 Å². The Bertz CT molecular complexity index is 1030. The SMILES string of the molecule is Cc1cccc(-c2noc(C3=C(N=CNO)c4ccccc4SCC3)n2)c1. The lowest BCUT2D eigenvalue weighted by molar-refractivity contribution is 0.240. The summed E-state index contributed by atoms with van der Waals surface area (Å²) in [7, 11) is 0. The summed E-state index contributed by atoms with van der Waals surface area (Å²) in [4.78, 5) is 10.2. The normalized spacial score (nSPS) is 14.3. The third-order valence-corrected chi connectivity index (χ3v) is 5.32. The van der Waals surface area contributed by atoms with Crippen LogP contribution in [-0.2, 0) is 0 Å². The van der Waals surface area contributed by atoms with E-state index in [1.807, 2.05) is 54.9 Å². The highest BCUT2D eigenvalue weighted by molar-refractivity contribution is 7.99. The number of fused-ring (bicyclic) bond motifs is 1. The van der Waals surface area contributed by atoms with Crippen LogP contribution in [0, 0.1) is 6.92 Å². The van der Waals surface area contributed by atoms with Crippen molar-refractivity contribution in [1.29, 1.82) is 0 Å². The van der Waals surface area contributed by atoms with Crippen molar-refractivity contribution in [2.75, 3.05) is 5.75 Å². The molecule has 2 aromatic carbocycles. The first-order valence-electron chi connectivity index (χ1n) is 8.55. The highest BCUT2D eigenvalue weighted by atomic mass is 32.2. The van der Waals surface area contributed by atoms with Gasteiger partial charge in [0.1, 0.15) is 6.34 Å². The summed E-state index contributed by atoms with van der Waals surface area (Å²) in [5.74, 6) is 1.88. The first-order valence-corrected chi connectivity index (χ1v) is 9.53. The number of thioether (sulfide) groups is 1. The standard InChI is InChI=1S/C20H18N4O2S/c1-13-5-4-6-14(11-13)19-23-20(26-24-19)16-9-10-27-17-8-3-2-7-15(17)18(16)21-12-22-25/h2-8,11-12,25H,9-10H2,1H3,(H,21,22). The number of rotatable bonds is 4. The fourth-order valence-corrected chi connectivity index (χ4v) is 4.05. The number of allylic oxidation sites excluding steroid dienone is 1. The molecule has 0 fully saturated rings. The molecular weight excluding hydrogens is 360 g/mol. The zero-order valence-corrected chi connectivity index (χ0v) is 15.5. The molecule has 1 aliphatic rings. The molecule has 0 spiro atoms. The molecule has 0 atom stereocenters. The average molecular weight is 378 g/mol. The van der Waals surface area contributed by atoms with Crippen LogP contribution >= 0.6 is 11.8 Å². The molecule has 6 nitrogen and oxygen atoms in total. The topological polar surface area (TPSA) is 83.5 Å². The Labute approximate surface area is 161 Å². The molecule has 1 aliphatic heterocycles. The summed E-state index contributed by atoms with van der Waals surface area (Å²) in [6.45, 7) is 2.03. The zero-order chi connectivity index (χ0) is 18.6. The number of hydroxylamine groups is 1. The Morgan fingerprint density at radius 3 is 2.96 bits per heavy atom. The van der Waals surface area contributed by atoms with E-state index in [9.17, 15) is 0 Å². The Hall–Kier alpha value is -2.90. The van der Waals surface area contributed by atoms with Crippen molar-refractivity contribution in [2.24, 2.45) is 4.99 Å². The molecule has 0 saturated carbocycles. The molecule has 7 heteroatoms. The van der Waals surface area contributed by atoms with Gasteiger partial charge in [0.25, 0.3) is 5.89 Å². The predicted octanol–water partition coefficient (Wildman–Crippen LogP) is 4.42. The molecular formula is C20H18N4O2S. The monoisotopic (exact) mass is 378 g/mol. The van der Waals surface area contributed by atoms with Crippen molar-refractivity contribution in [1.82, 2.24) is 15.6 Å². The summed E-state index contributed by atoms with van der Waals surface area (Å²) in [5.41, 5.74) is 6.59. The number of aromatic nitrogens is 2. The van der Waals surface area contributed by atoms with Gasteiger partial charge in [-0.05, 0) is 25.5 Å². The summed E-state index contributed by atoms with van der Waals surface area (Å²) < 4.78 is 5.59. The number of benzene rings is 2. The van der Waals surface area contributed by atoms with Crippen LogP contribution in [0.3, 0.4) is 0 Å². The van der Waals surface area contributed by atoms with E-state index in [0.29, 0.717) is 11.7 Å². The third-order valence-electron chi connectivity index (χ3n) is 4.25. The van der Waals surface area contributed by atoms with Crippen LogP contribution in [-0.4, -0.2) is 27.4 Å². The van der Waals surface area contributed by atoms with E-state index in [1.54, 1.807) is 11.8 Å². The Kier molecular flexibility index (Phi) is 5.04. The quantitative estimate of drug-likeness (QED) is 0.397. The third kappa shape index (κ3) is 3.65. The van der Waals surface area contributed by atoms with Crippen LogP contribution < -0.4 is 5.48 Å². The van der Waals surface area contributed by atoms with Gasteiger partial charge in [0.05, 0.1) is 5.70 Å². The second-order valence-electron chi connectivity index (χ2n) is 6.10. The number of nitrogens with zero attached hydrogens (tertiary/aromatic N) is 3. The highest BCUT2D eigenvalue weighted by Crippen LogP contribution is 2.39. The van der Waals surface area contributed by atoms with Gasteiger partial charge in [-0.25, -0.2) is 4.99 Å². The van der Waals surface area contributed by atoms with E-state index in [1.165, 1.54) is 6.34 Å². The van der Waals surface area contributed by atoms with Crippen LogP contribution in [0.2, 0.25) is 0 Å². The lowest BCUT2D eigenvalue weighted by Crippen LogP contribution is -2.03. The van der Waals surface area contributed by atoms with E-state index in [0.717, 1.165) is 45.0 Å². The lowest BCUT2D eigenvalue weighted by Gasteiger charge is -2.07. The van der Waals surface area contributed by atoms with Crippen LogP contribution in [0.4, 0.5) is 0 Å². The molecule has 2 heterocycles. The van der Waals surface area contributed by atoms with Gasteiger partial charge < -0.3 is 4.52 Å². The van der Waals surface area contributed by atoms with Gasteiger partial charge in [0.2, 0.25) is 5.82 Å². The number of nitrogens with one attached hydrogen (secondary N) is 1. The summed E-state index contributed by atoms with van der Waals surface area (Å²) in [6, 6.07) is 16.0.